The molecule has 0 saturated carbocycles. The first-order valence-corrected chi connectivity index (χ1v) is 15.7. The second-order valence-electron chi connectivity index (χ2n) is 14.2. The molecule has 0 atom stereocenters. The summed E-state index contributed by atoms with van der Waals surface area (Å²) in [5, 5.41) is 0. The average Bonchev–Trinajstić information content (AvgIpc) is 2.81. The zero-order chi connectivity index (χ0) is 29.0. The van der Waals surface area contributed by atoms with Gasteiger partial charge in [0.25, 0.3) is 0 Å². The molecule has 2 saturated heterocycles. The molecule has 2 N–H and O–H groups in total. The minimum absolute atomic E-state index is 0.0392. The Morgan fingerprint density at radius 1 is 0.564 bits per heavy atom. The third-order valence-corrected chi connectivity index (χ3v) is 11.3. The highest BCUT2D eigenvalue weighted by molar-refractivity contribution is 8.24. The van der Waals surface area contributed by atoms with Gasteiger partial charge in [0.15, 0.2) is 0 Å². The molecule has 2 aromatic rings. The molecule has 7 heteroatoms. The van der Waals surface area contributed by atoms with Crippen LogP contribution in [0.2, 0.25) is 0 Å². The lowest BCUT2D eigenvalue weighted by Gasteiger charge is -2.53. The Balaban J connectivity index is 1.42. The molecule has 6 nitrogen and oxygen atoms in total. The van der Waals surface area contributed by atoms with Crippen LogP contribution < -0.4 is 9.47 Å². The number of benzene rings is 2. The molecule has 2 aliphatic rings. The molecular weight excluding hydrogens is 508 g/mol. The first-order valence-electron chi connectivity index (χ1n) is 14.1. The van der Waals surface area contributed by atoms with Crippen LogP contribution in [0.4, 0.5) is 0 Å². The Labute approximate surface area is 238 Å². The van der Waals surface area contributed by atoms with E-state index in [4.69, 9.17) is 9.47 Å². The van der Waals surface area contributed by atoms with Crippen LogP contribution in [0, 0.1) is 0 Å². The van der Waals surface area contributed by atoms with Crippen molar-refractivity contribution in [2.75, 3.05) is 14.1 Å². The fourth-order valence-electron chi connectivity index (χ4n) is 6.66. The van der Waals surface area contributed by atoms with E-state index in [0.29, 0.717) is 9.79 Å². The molecule has 0 aromatic heterocycles. The second-order valence-corrected chi connectivity index (χ2v) is 16.2. The molecule has 0 unspecified atom stereocenters. The van der Waals surface area contributed by atoms with Gasteiger partial charge in [-0.15, -0.1) is 10.6 Å². The molecular formula is C32H50N2O4S. The number of likely N-dealkylation sites (tertiary alicyclic amines) is 2. The van der Waals surface area contributed by atoms with Crippen molar-refractivity contribution in [1.29, 1.82) is 0 Å². The van der Waals surface area contributed by atoms with E-state index in [-0.39, 0.29) is 34.4 Å². The van der Waals surface area contributed by atoms with E-state index in [2.05, 4.69) is 79.3 Å². The monoisotopic (exact) mass is 558 g/mol. The Hall–Kier alpha value is -1.77. The Bertz CT molecular complexity index is 1020. The summed E-state index contributed by atoms with van der Waals surface area (Å²) in [5.41, 5.74) is 0.157. The summed E-state index contributed by atoms with van der Waals surface area (Å²) in [6.45, 7) is 18.1. The lowest BCUT2D eigenvalue weighted by molar-refractivity contribution is -0.0560. The Kier molecular flexibility index (Phi) is 7.94. The van der Waals surface area contributed by atoms with Crippen LogP contribution in [0.25, 0.3) is 0 Å². The van der Waals surface area contributed by atoms with Gasteiger partial charge in [-0.05, 0) is 118 Å². The predicted octanol–water partition coefficient (Wildman–Crippen LogP) is 7.92. The zero-order valence-electron chi connectivity index (χ0n) is 25.6. The van der Waals surface area contributed by atoms with E-state index in [1.165, 1.54) is 0 Å². The minimum Gasteiger partial charge on any atom is -0.490 e. The minimum atomic E-state index is -3.15. The van der Waals surface area contributed by atoms with Gasteiger partial charge in [-0.2, -0.15) is 0 Å². The van der Waals surface area contributed by atoms with E-state index in [1.807, 2.05) is 24.3 Å². The lowest BCUT2D eigenvalue weighted by atomic mass is 9.78. The maximum atomic E-state index is 11.2. The van der Waals surface area contributed by atoms with Crippen molar-refractivity contribution < 1.29 is 18.6 Å². The summed E-state index contributed by atoms with van der Waals surface area (Å²) in [6.07, 6.45) is 3.95. The maximum Gasteiger partial charge on any atom is 0.119 e. The highest BCUT2D eigenvalue weighted by atomic mass is 32.3. The summed E-state index contributed by atoms with van der Waals surface area (Å²) in [5.74, 6) is 1.51. The zero-order valence-corrected chi connectivity index (χ0v) is 26.4. The van der Waals surface area contributed by atoms with E-state index in [1.54, 1.807) is 24.3 Å². The van der Waals surface area contributed by atoms with Crippen LogP contribution in [-0.2, 0) is 0 Å². The molecule has 0 radical (unpaired) electrons. The summed E-state index contributed by atoms with van der Waals surface area (Å²) >= 11 is 0. The molecule has 0 amide bonds. The Morgan fingerprint density at radius 2 is 0.821 bits per heavy atom. The molecule has 2 aromatic carbocycles. The summed E-state index contributed by atoms with van der Waals surface area (Å²) in [7, 11) is 1.22. The molecule has 0 aliphatic carbocycles. The van der Waals surface area contributed by atoms with Crippen molar-refractivity contribution in [1.82, 2.24) is 9.80 Å². The summed E-state index contributed by atoms with van der Waals surface area (Å²) in [6, 6.07) is 14.5. The van der Waals surface area contributed by atoms with Crippen LogP contribution in [0.3, 0.4) is 0 Å². The fraction of sp³-hybridized carbons (Fsp3) is 0.625. The molecule has 0 bridgehead atoms. The molecule has 4 rings (SSSR count). The first kappa shape index (κ1) is 30.2. The first-order chi connectivity index (χ1) is 17.8. The largest absolute Gasteiger partial charge is 0.490 e. The lowest BCUT2D eigenvalue weighted by Crippen LogP contribution is -2.60. The van der Waals surface area contributed by atoms with E-state index in [9.17, 15) is 9.11 Å². The number of ether oxygens (including phenoxy) is 2. The summed E-state index contributed by atoms with van der Waals surface area (Å²) < 4.78 is 35.1. The van der Waals surface area contributed by atoms with Crippen molar-refractivity contribution >= 4 is 10.6 Å². The van der Waals surface area contributed by atoms with Crippen LogP contribution in [0.5, 0.6) is 11.5 Å². The van der Waals surface area contributed by atoms with Crippen LogP contribution >= 0.6 is 10.6 Å². The van der Waals surface area contributed by atoms with Crippen molar-refractivity contribution in [3.05, 3.63) is 48.5 Å². The Morgan fingerprint density at radius 3 is 1.08 bits per heavy atom. The van der Waals surface area contributed by atoms with Gasteiger partial charge in [-0.25, -0.2) is 0 Å². The molecule has 2 heterocycles. The highest BCUT2D eigenvalue weighted by Crippen LogP contribution is 2.56. The topological polar surface area (TPSA) is 65.4 Å². The van der Waals surface area contributed by atoms with Gasteiger partial charge in [0, 0.05) is 47.8 Å². The number of nitrogens with zero attached hydrogens (tertiary/aromatic N) is 2. The number of rotatable bonds is 6. The second kappa shape index (κ2) is 10.3. The smallest absolute Gasteiger partial charge is 0.119 e. The third kappa shape index (κ3) is 6.28. The van der Waals surface area contributed by atoms with Crippen molar-refractivity contribution in [2.24, 2.45) is 0 Å². The molecule has 39 heavy (non-hydrogen) atoms. The molecule has 2 aliphatic heterocycles. The normalized spacial score (nSPS) is 24.3. The van der Waals surface area contributed by atoms with Gasteiger partial charge >= 0.3 is 0 Å². The van der Waals surface area contributed by atoms with Gasteiger partial charge in [0.05, 0.1) is 9.79 Å². The molecule has 0 spiro atoms. The van der Waals surface area contributed by atoms with Gasteiger partial charge in [-0.1, -0.05) is 0 Å². The number of hydrogen-bond donors (Lipinski definition) is 2. The van der Waals surface area contributed by atoms with Gasteiger partial charge in [0.1, 0.15) is 23.7 Å². The van der Waals surface area contributed by atoms with Gasteiger partial charge in [0.2, 0.25) is 0 Å². The summed E-state index contributed by atoms with van der Waals surface area (Å²) in [4.78, 5) is 5.82. The fourth-order valence-corrected chi connectivity index (χ4v) is 7.97. The van der Waals surface area contributed by atoms with Crippen LogP contribution in [0.15, 0.2) is 58.3 Å². The van der Waals surface area contributed by atoms with Gasteiger partial charge < -0.3 is 9.47 Å². The maximum absolute atomic E-state index is 11.2. The van der Waals surface area contributed by atoms with Gasteiger partial charge in [-0.3, -0.25) is 18.9 Å². The van der Waals surface area contributed by atoms with Crippen molar-refractivity contribution in [2.45, 2.75) is 125 Å². The molecule has 218 valence electrons. The van der Waals surface area contributed by atoms with Crippen LogP contribution in [0.1, 0.15) is 81.1 Å². The van der Waals surface area contributed by atoms with E-state index < -0.39 is 10.6 Å². The van der Waals surface area contributed by atoms with Crippen molar-refractivity contribution in [3.8, 4) is 11.5 Å². The standard InChI is InChI=1S/C32H50N2O4S/c1-29(2)19-25(20-30(3,4)33(29)9)37-23-11-15-27(16-12-23)39(35,36)28-17-13-24(14-18-28)38-26-21-31(5,6)34(10)32(7,8)22-26/h11-18,25-26,35-36H,19-22H2,1-10H3. The number of piperidine rings is 2. The highest BCUT2D eigenvalue weighted by Gasteiger charge is 2.45. The van der Waals surface area contributed by atoms with E-state index in [0.717, 1.165) is 37.2 Å². The molecule has 2 fully saturated rings. The van der Waals surface area contributed by atoms with Crippen LogP contribution in [-0.4, -0.2) is 67.4 Å². The predicted molar refractivity (Wildman–Crippen MR) is 161 cm³/mol. The van der Waals surface area contributed by atoms with Crippen molar-refractivity contribution in [3.63, 3.8) is 0 Å². The average molecular weight is 559 g/mol. The SMILES string of the molecule is CN1C(C)(C)CC(Oc2ccc(S(O)(O)c3ccc(OC4CC(C)(C)N(C)C(C)(C)C4)cc3)cc2)CC1(C)C. The quantitative estimate of drug-likeness (QED) is 0.375. The van der Waals surface area contributed by atoms with E-state index >= 15 is 0 Å². The number of hydrogen-bond acceptors (Lipinski definition) is 6. The third-order valence-electron chi connectivity index (χ3n) is 9.45.